The normalized spacial score (nSPS) is 14.7. The minimum atomic E-state index is 0.555. The first-order valence-electron chi connectivity index (χ1n) is 6.32. The summed E-state index contributed by atoms with van der Waals surface area (Å²) in [5.74, 6) is 2.20. The number of halogens is 1. The quantitative estimate of drug-likeness (QED) is 0.859. The van der Waals surface area contributed by atoms with Gasteiger partial charge < -0.3 is 9.64 Å². The van der Waals surface area contributed by atoms with Crippen LogP contribution in [0.2, 0.25) is 5.02 Å². The van der Waals surface area contributed by atoms with E-state index in [1.807, 2.05) is 18.2 Å². The van der Waals surface area contributed by atoms with Crippen LogP contribution >= 0.6 is 11.6 Å². The first-order chi connectivity index (χ1) is 9.31. The molecule has 19 heavy (non-hydrogen) atoms. The number of nitrogens with zero attached hydrogens (tertiary/aromatic N) is 3. The summed E-state index contributed by atoms with van der Waals surface area (Å²) in [6.07, 6.45) is 3.98. The van der Waals surface area contributed by atoms with Gasteiger partial charge in [-0.1, -0.05) is 11.6 Å². The lowest BCUT2D eigenvalue weighted by Crippen LogP contribution is -2.18. The predicted octanol–water partition coefficient (Wildman–Crippen LogP) is 3.52. The standard InChI is InChI=1S/C14H14ClN3O/c15-11-3-5-12(6-4-11)19-14-9-13(16-10-17-14)18-7-1-2-8-18/h3-6,9-10H,1-2,7-8H2. The van der Waals surface area contributed by atoms with E-state index in [2.05, 4.69) is 14.9 Å². The van der Waals surface area contributed by atoms with Crippen LogP contribution in [0.15, 0.2) is 36.7 Å². The summed E-state index contributed by atoms with van der Waals surface area (Å²) in [5, 5.41) is 0.688. The Morgan fingerprint density at radius 2 is 1.79 bits per heavy atom. The second kappa shape index (κ2) is 5.45. The van der Waals surface area contributed by atoms with Gasteiger partial charge in [-0.15, -0.1) is 0 Å². The summed E-state index contributed by atoms with van der Waals surface area (Å²) in [6, 6.07) is 9.10. The lowest BCUT2D eigenvalue weighted by molar-refractivity contribution is 0.461. The van der Waals surface area contributed by atoms with E-state index in [-0.39, 0.29) is 0 Å². The van der Waals surface area contributed by atoms with Gasteiger partial charge in [0.25, 0.3) is 0 Å². The second-order valence-electron chi connectivity index (χ2n) is 4.46. The number of hydrogen-bond acceptors (Lipinski definition) is 4. The van der Waals surface area contributed by atoms with Crippen LogP contribution in [0, 0.1) is 0 Å². The molecule has 0 N–H and O–H groups in total. The Kier molecular flexibility index (Phi) is 3.51. The van der Waals surface area contributed by atoms with Crippen LogP contribution in [0.5, 0.6) is 11.6 Å². The number of ether oxygens (including phenoxy) is 1. The molecule has 1 aliphatic rings. The first-order valence-corrected chi connectivity index (χ1v) is 6.69. The maximum atomic E-state index is 5.84. The summed E-state index contributed by atoms with van der Waals surface area (Å²) in [4.78, 5) is 10.7. The molecule has 1 aromatic heterocycles. The topological polar surface area (TPSA) is 38.2 Å². The molecule has 1 saturated heterocycles. The second-order valence-corrected chi connectivity index (χ2v) is 4.90. The highest BCUT2D eigenvalue weighted by Crippen LogP contribution is 2.25. The molecule has 1 aromatic carbocycles. The van der Waals surface area contributed by atoms with E-state index < -0.39 is 0 Å². The molecule has 3 rings (SSSR count). The lowest BCUT2D eigenvalue weighted by atomic mass is 10.3. The third-order valence-electron chi connectivity index (χ3n) is 3.09. The molecule has 98 valence electrons. The van der Waals surface area contributed by atoms with Gasteiger partial charge in [-0.05, 0) is 37.1 Å². The van der Waals surface area contributed by atoms with Crippen molar-refractivity contribution < 1.29 is 4.74 Å². The average molecular weight is 276 g/mol. The van der Waals surface area contributed by atoms with Gasteiger partial charge in [0, 0.05) is 24.2 Å². The van der Waals surface area contributed by atoms with Gasteiger partial charge in [0.1, 0.15) is 17.9 Å². The smallest absolute Gasteiger partial charge is 0.224 e. The van der Waals surface area contributed by atoms with Gasteiger partial charge in [0.15, 0.2) is 0 Å². The third-order valence-corrected chi connectivity index (χ3v) is 3.35. The number of benzene rings is 1. The van der Waals surface area contributed by atoms with Crippen LogP contribution < -0.4 is 9.64 Å². The van der Waals surface area contributed by atoms with Crippen LogP contribution in [0.25, 0.3) is 0 Å². The Balaban J connectivity index is 1.77. The van der Waals surface area contributed by atoms with Crippen molar-refractivity contribution in [3.63, 3.8) is 0 Å². The van der Waals surface area contributed by atoms with Crippen LogP contribution in [0.1, 0.15) is 12.8 Å². The zero-order chi connectivity index (χ0) is 13.1. The van der Waals surface area contributed by atoms with Gasteiger partial charge >= 0.3 is 0 Å². The van der Waals surface area contributed by atoms with Crippen molar-refractivity contribution >= 4 is 17.4 Å². The number of rotatable bonds is 3. The molecule has 0 radical (unpaired) electrons. The van der Waals surface area contributed by atoms with Gasteiger partial charge in [-0.3, -0.25) is 0 Å². The molecule has 0 spiro atoms. The molecule has 0 atom stereocenters. The SMILES string of the molecule is Clc1ccc(Oc2cc(N3CCCC3)ncn2)cc1. The van der Waals surface area contributed by atoms with E-state index in [4.69, 9.17) is 16.3 Å². The fourth-order valence-corrected chi connectivity index (χ4v) is 2.25. The fraction of sp³-hybridized carbons (Fsp3) is 0.286. The van der Waals surface area contributed by atoms with Gasteiger partial charge in [-0.2, -0.15) is 0 Å². The minimum absolute atomic E-state index is 0.555. The molecule has 0 unspecified atom stereocenters. The summed E-state index contributed by atoms with van der Waals surface area (Å²) in [6.45, 7) is 2.11. The molecule has 2 aromatic rings. The molecule has 4 nitrogen and oxygen atoms in total. The Morgan fingerprint density at radius 1 is 1.05 bits per heavy atom. The largest absolute Gasteiger partial charge is 0.439 e. The van der Waals surface area contributed by atoms with E-state index in [0.29, 0.717) is 10.9 Å². The zero-order valence-corrected chi connectivity index (χ0v) is 11.2. The molecular weight excluding hydrogens is 262 g/mol. The Hall–Kier alpha value is -1.81. The minimum Gasteiger partial charge on any atom is -0.439 e. The summed E-state index contributed by atoms with van der Waals surface area (Å²) in [7, 11) is 0. The van der Waals surface area contributed by atoms with E-state index in [0.717, 1.165) is 24.7 Å². The maximum Gasteiger partial charge on any atom is 0.224 e. The summed E-state index contributed by atoms with van der Waals surface area (Å²) in [5.41, 5.74) is 0. The number of hydrogen-bond donors (Lipinski definition) is 0. The molecule has 0 amide bonds. The van der Waals surface area contributed by atoms with Crippen molar-refractivity contribution in [1.29, 1.82) is 0 Å². The highest BCUT2D eigenvalue weighted by Gasteiger charge is 2.14. The molecule has 0 saturated carbocycles. The van der Waals surface area contributed by atoms with Crippen LogP contribution in [0.3, 0.4) is 0 Å². The fourth-order valence-electron chi connectivity index (χ4n) is 2.13. The van der Waals surface area contributed by atoms with E-state index in [1.165, 1.54) is 12.8 Å². The van der Waals surface area contributed by atoms with Crippen molar-refractivity contribution in [1.82, 2.24) is 9.97 Å². The van der Waals surface area contributed by atoms with Gasteiger partial charge in [-0.25, -0.2) is 9.97 Å². The van der Waals surface area contributed by atoms with Crippen LogP contribution in [-0.4, -0.2) is 23.1 Å². The Bertz CT molecular complexity index is 553. The lowest BCUT2D eigenvalue weighted by Gasteiger charge is -2.16. The highest BCUT2D eigenvalue weighted by atomic mass is 35.5. The van der Waals surface area contributed by atoms with Crippen molar-refractivity contribution in [2.24, 2.45) is 0 Å². The van der Waals surface area contributed by atoms with E-state index in [9.17, 15) is 0 Å². The molecule has 1 aliphatic heterocycles. The zero-order valence-electron chi connectivity index (χ0n) is 10.4. The highest BCUT2D eigenvalue weighted by molar-refractivity contribution is 6.30. The third kappa shape index (κ3) is 2.96. The first kappa shape index (κ1) is 12.2. The average Bonchev–Trinajstić information content (AvgIpc) is 2.96. The molecule has 1 fully saturated rings. The number of aromatic nitrogens is 2. The summed E-state index contributed by atoms with van der Waals surface area (Å²) < 4.78 is 5.70. The molecule has 0 aliphatic carbocycles. The van der Waals surface area contributed by atoms with Gasteiger partial charge in [0.05, 0.1) is 0 Å². The van der Waals surface area contributed by atoms with Crippen molar-refractivity contribution in [2.45, 2.75) is 12.8 Å². The monoisotopic (exact) mass is 275 g/mol. The van der Waals surface area contributed by atoms with Crippen molar-refractivity contribution in [3.8, 4) is 11.6 Å². The van der Waals surface area contributed by atoms with Gasteiger partial charge in [0.2, 0.25) is 5.88 Å². The Labute approximate surface area is 117 Å². The predicted molar refractivity (Wildman–Crippen MR) is 75.0 cm³/mol. The molecule has 0 bridgehead atoms. The maximum absolute atomic E-state index is 5.84. The number of anilines is 1. The van der Waals surface area contributed by atoms with E-state index >= 15 is 0 Å². The molecular formula is C14H14ClN3O. The van der Waals surface area contributed by atoms with Crippen LogP contribution in [-0.2, 0) is 0 Å². The van der Waals surface area contributed by atoms with Crippen LogP contribution in [0.4, 0.5) is 5.82 Å². The summed E-state index contributed by atoms with van der Waals surface area (Å²) >= 11 is 5.84. The molecule has 5 heteroatoms. The van der Waals surface area contributed by atoms with Crippen molar-refractivity contribution in [2.75, 3.05) is 18.0 Å². The molecule has 2 heterocycles. The van der Waals surface area contributed by atoms with Crippen molar-refractivity contribution in [3.05, 3.63) is 41.7 Å². The Morgan fingerprint density at radius 3 is 2.53 bits per heavy atom. The van der Waals surface area contributed by atoms with E-state index in [1.54, 1.807) is 18.5 Å².